The number of hydrogen-bond acceptors (Lipinski definition) is 3. The Hall–Kier alpha value is -2.56. The molecule has 1 aromatic heterocycles. The fraction of sp³-hybridized carbons (Fsp3) is 0.208. The van der Waals surface area contributed by atoms with Crippen molar-refractivity contribution in [3.8, 4) is 11.1 Å². The Bertz CT molecular complexity index is 1020. The van der Waals surface area contributed by atoms with E-state index in [9.17, 15) is 0 Å². The minimum atomic E-state index is 0.392. The van der Waals surface area contributed by atoms with Crippen LogP contribution in [0.2, 0.25) is 0 Å². The number of likely N-dealkylation sites (tertiary alicyclic amines) is 1. The largest absolute Gasteiger partial charge is 0.341 e. The zero-order chi connectivity index (χ0) is 18.8. The Morgan fingerprint density at radius 2 is 1.64 bits per heavy atom. The normalized spacial score (nSPS) is 17.4. The van der Waals surface area contributed by atoms with Crippen LogP contribution in [0.3, 0.4) is 0 Å². The number of thioether (sulfide) groups is 1. The molecule has 1 aliphatic rings. The molecule has 1 N–H and O–H groups in total. The minimum Gasteiger partial charge on any atom is -0.341 e. The molecule has 0 bridgehead atoms. The Kier molecular flexibility index (Phi) is 4.90. The molecule has 4 aromatic rings. The molecule has 1 saturated heterocycles. The topological polar surface area (TPSA) is 31.9 Å². The van der Waals surface area contributed by atoms with Crippen LogP contribution in [-0.2, 0) is 0 Å². The second-order valence-electron chi connectivity index (χ2n) is 7.27. The lowest BCUT2D eigenvalue weighted by Gasteiger charge is -2.22. The third kappa shape index (κ3) is 3.58. The Morgan fingerprint density at radius 1 is 0.893 bits per heavy atom. The highest BCUT2D eigenvalue weighted by Crippen LogP contribution is 2.34. The van der Waals surface area contributed by atoms with Gasteiger partial charge in [-0.1, -0.05) is 54.6 Å². The first kappa shape index (κ1) is 17.5. The van der Waals surface area contributed by atoms with Crippen molar-refractivity contribution < 1.29 is 0 Å². The molecule has 1 fully saturated rings. The van der Waals surface area contributed by atoms with Gasteiger partial charge in [-0.25, -0.2) is 4.98 Å². The summed E-state index contributed by atoms with van der Waals surface area (Å²) in [6, 6.07) is 28.1. The van der Waals surface area contributed by atoms with E-state index in [-0.39, 0.29) is 0 Å². The SMILES string of the molecule is c1ccc(-c2ccc(SCN3CCC[C@H]3c3nc4ccccc4[nH]3)cc2)cc1. The molecule has 3 aromatic carbocycles. The summed E-state index contributed by atoms with van der Waals surface area (Å²) < 4.78 is 0. The molecule has 28 heavy (non-hydrogen) atoms. The van der Waals surface area contributed by atoms with E-state index in [1.807, 2.05) is 17.8 Å². The van der Waals surface area contributed by atoms with Gasteiger partial charge in [0.05, 0.1) is 17.1 Å². The number of para-hydroxylation sites is 2. The molecule has 1 atom stereocenters. The van der Waals surface area contributed by atoms with Gasteiger partial charge in [-0.3, -0.25) is 4.90 Å². The standard InChI is InChI=1S/C24H23N3S/c1-2-7-18(8-3-1)19-12-14-20(15-13-19)28-17-27-16-6-11-23(27)24-25-21-9-4-5-10-22(21)26-24/h1-5,7-10,12-15,23H,6,11,16-17H2,(H,25,26)/t23-/m0/s1. The van der Waals surface area contributed by atoms with Gasteiger partial charge in [-0.2, -0.15) is 0 Å². The van der Waals surface area contributed by atoms with Gasteiger partial charge < -0.3 is 4.98 Å². The van der Waals surface area contributed by atoms with Crippen molar-refractivity contribution in [2.75, 3.05) is 12.4 Å². The van der Waals surface area contributed by atoms with Gasteiger partial charge in [-0.15, -0.1) is 11.8 Å². The van der Waals surface area contributed by atoms with E-state index >= 15 is 0 Å². The molecule has 0 radical (unpaired) electrons. The highest BCUT2D eigenvalue weighted by Gasteiger charge is 2.28. The van der Waals surface area contributed by atoms with Crippen molar-refractivity contribution in [1.82, 2.24) is 14.9 Å². The fourth-order valence-corrected chi connectivity index (χ4v) is 4.90. The predicted molar refractivity (Wildman–Crippen MR) is 117 cm³/mol. The highest BCUT2D eigenvalue weighted by molar-refractivity contribution is 7.99. The second-order valence-corrected chi connectivity index (χ2v) is 8.29. The number of aromatic nitrogens is 2. The lowest BCUT2D eigenvalue weighted by atomic mass is 10.1. The van der Waals surface area contributed by atoms with Crippen LogP contribution in [-0.4, -0.2) is 27.3 Å². The second kappa shape index (κ2) is 7.82. The van der Waals surface area contributed by atoms with Gasteiger partial charge in [0.15, 0.2) is 0 Å². The van der Waals surface area contributed by atoms with Crippen LogP contribution in [0.4, 0.5) is 0 Å². The van der Waals surface area contributed by atoms with Gasteiger partial charge in [-0.05, 0) is 54.8 Å². The molecule has 0 spiro atoms. The van der Waals surface area contributed by atoms with E-state index in [0.29, 0.717) is 6.04 Å². The first-order valence-corrected chi connectivity index (χ1v) is 10.8. The number of nitrogens with one attached hydrogen (secondary N) is 1. The lowest BCUT2D eigenvalue weighted by Crippen LogP contribution is -2.23. The summed E-state index contributed by atoms with van der Waals surface area (Å²) in [7, 11) is 0. The minimum absolute atomic E-state index is 0.392. The van der Waals surface area contributed by atoms with Crippen molar-refractivity contribution in [3.05, 3.63) is 84.7 Å². The van der Waals surface area contributed by atoms with Gasteiger partial charge >= 0.3 is 0 Å². The Labute approximate surface area is 169 Å². The maximum absolute atomic E-state index is 4.84. The quantitative estimate of drug-likeness (QED) is 0.420. The summed E-state index contributed by atoms with van der Waals surface area (Å²) in [5.41, 5.74) is 4.73. The predicted octanol–water partition coefficient (Wildman–Crippen LogP) is 6.12. The molecular weight excluding hydrogens is 362 g/mol. The molecule has 3 nitrogen and oxygen atoms in total. The third-order valence-electron chi connectivity index (χ3n) is 5.45. The maximum atomic E-state index is 4.84. The first-order valence-electron chi connectivity index (χ1n) is 9.84. The highest BCUT2D eigenvalue weighted by atomic mass is 32.2. The molecule has 0 unspecified atom stereocenters. The molecule has 0 saturated carbocycles. The van der Waals surface area contributed by atoms with Crippen LogP contribution in [0.1, 0.15) is 24.7 Å². The molecule has 2 heterocycles. The van der Waals surface area contributed by atoms with Crippen LogP contribution >= 0.6 is 11.8 Å². The van der Waals surface area contributed by atoms with E-state index in [0.717, 1.165) is 29.3 Å². The van der Waals surface area contributed by atoms with Crippen LogP contribution < -0.4 is 0 Å². The van der Waals surface area contributed by atoms with E-state index < -0.39 is 0 Å². The summed E-state index contributed by atoms with van der Waals surface area (Å²) in [6.45, 7) is 1.14. The average Bonchev–Trinajstić information content (AvgIpc) is 3.39. The molecule has 5 rings (SSSR count). The van der Waals surface area contributed by atoms with E-state index in [1.54, 1.807) is 0 Å². The van der Waals surface area contributed by atoms with Crippen molar-refractivity contribution >= 4 is 22.8 Å². The van der Waals surface area contributed by atoms with Crippen molar-refractivity contribution in [2.24, 2.45) is 0 Å². The molecule has 140 valence electrons. The number of imidazole rings is 1. The number of H-pyrrole nitrogens is 1. The smallest absolute Gasteiger partial charge is 0.124 e. The van der Waals surface area contributed by atoms with Crippen molar-refractivity contribution in [1.29, 1.82) is 0 Å². The summed E-state index contributed by atoms with van der Waals surface area (Å²) in [5.74, 6) is 2.10. The summed E-state index contributed by atoms with van der Waals surface area (Å²) in [6.07, 6.45) is 2.41. The zero-order valence-electron chi connectivity index (χ0n) is 15.7. The van der Waals surface area contributed by atoms with Crippen molar-refractivity contribution in [3.63, 3.8) is 0 Å². The van der Waals surface area contributed by atoms with Gasteiger partial charge in [0, 0.05) is 10.8 Å². The van der Waals surface area contributed by atoms with Crippen LogP contribution in [0.15, 0.2) is 83.8 Å². The average molecular weight is 386 g/mol. The summed E-state index contributed by atoms with van der Waals surface area (Å²) in [5, 5.41) is 0. The van der Waals surface area contributed by atoms with Gasteiger partial charge in [0.25, 0.3) is 0 Å². The molecule has 0 amide bonds. The third-order valence-corrected chi connectivity index (χ3v) is 6.51. The summed E-state index contributed by atoms with van der Waals surface area (Å²) in [4.78, 5) is 12.2. The first-order chi connectivity index (χ1) is 13.9. The number of rotatable bonds is 5. The van der Waals surface area contributed by atoms with Crippen LogP contribution in [0.25, 0.3) is 22.2 Å². The van der Waals surface area contributed by atoms with Gasteiger partial charge in [0.1, 0.15) is 5.82 Å². The molecule has 4 heteroatoms. The maximum Gasteiger partial charge on any atom is 0.124 e. The number of hydrogen-bond donors (Lipinski definition) is 1. The number of aromatic amines is 1. The fourth-order valence-electron chi connectivity index (χ4n) is 3.95. The molecular formula is C24H23N3S. The number of nitrogens with zero attached hydrogens (tertiary/aromatic N) is 2. The summed E-state index contributed by atoms with van der Waals surface area (Å²) >= 11 is 1.91. The molecule has 0 aliphatic carbocycles. The zero-order valence-corrected chi connectivity index (χ0v) is 16.5. The van der Waals surface area contributed by atoms with Crippen molar-refractivity contribution in [2.45, 2.75) is 23.8 Å². The van der Waals surface area contributed by atoms with Crippen LogP contribution in [0.5, 0.6) is 0 Å². The van der Waals surface area contributed by atoms with Gasteiger partial charge in [0.2, 0.25) is 0 Å². The molecule has 1 aliphatic heterocycles. The number of benzene rings is 3. The Morgan fingerprint density at radius 3 is 2.46 bits per heavy atom. The van der Waals surface area contributed by atoms with E-state index in [1.165, 1.54) is 28.9 Å². The monoisotopic (exact) mass is 385 g/mol. The Balaban J connectivity index is 1.27. The number of fused-ring (bicyclic) bond motifs is 1. The van der Waals surface area contributed by atoms with E-state index in [4.69, 9.17) is 4.98 Å². The van der Waals surface area contributed by atoms with Crippen LogP contribution in [0, 0.1) is 0 Å². The van der Waals surface area contributed by atoms with E-state index in [2.05, 4.69) is 82.7 Å². The lowest BCUT2D eigenvalue weighted by molar-refractivity contribution is 0.295.